The molecule has 0 spiro atoms. The maximum Gasteiger partial charge on any atom is 0.319 e. The van der Waals surface area contributed by atoms with Crippen molar-refractivity contribution in [3.8, 4) is 22.9 Å². The number of aromatic nitrogens is 3. The SMILES string of the molecule is Nc1nc2c(-c3c(Cl)c4c5c(nc(OC[C@@]67CCCN6C[C@H](F)C7)nc5c3F)N3C[C@@H]5CC[C@@H](N5)[C@@H]3CO4)cccc2s1. The summed E-state index contributed by atoms with van der Waals surface area (Å²) in [4.78, 5) is 18.5. The van der Waals surface area contributed by atoms with Crippen LogP contribution in [0.15, 0.2) is 18.2 Å². The zero-order valence-corrected chi connectivity index (χ0v) is 24.9. The standard InChI is InChI=1S/C30H30ClF2N7O2S/c31-22-20(16-3-1-4-19-24(16)36-28(34)43-19)23(33)25-21-26(22)41-12-18-17-6-5-15(35-17)11-40(18)27(21)38-29(37-25)42-13-30-7-2-8-39(30)10-14(32)9-30/h1,3-4,14-15,17-18,35H,2,5-13H2,(H2,34,36)/t14-,15+,17-,18+,30+/m1/s1. The number of rotatable bonds is 4. The van der Waals surface area contributed by atoms with Gasteiger partial charge in [-0.25, -0.2) is 13.8 Å². The summed E-state index contributed by atoms with van der Waals surface area (Å²) >= 11 is 8.40. The molecule has 5 aliphatic rings. The number of fused-ring (bicyclic) bond motifs is 7. The summed E-state index contributed by atoms with van der Waals surface area (Å²) in [5.74, 6) is 0.327. The lowest BCUT2D eigenvalue weighted by molar-refractivity contribution is 0.107. The van der Waals surface area contributed by atoms with Crippen molar-refractivity contribution < 1.29 is 18.3 Å². The summed E-state index contributed by atoms with van der Waals surface area (Å²) in [6, 6.07) is 6.09. The van der Waals surface area contributed by atoms with Gasteiger partial charge in [0.25, 0.3) is 0 Å². The topological polar surface area (TPSA) is 102 Å². The Labute approximate surface area is 255 Å². The van der Waals surface area contributed by atoms with Crippen LogP contribution >= 0.6 is 22.9 Å². The predicted molar refractivity (Wildman–Crippen MR) is 163 cm³/mol. The van der Waals surface area contributed by atoms with Crippen LogP contribution in [0.5, 0.6) is 11.8 Å². The van der Waals surface area contributed by atoms with Gasteiger partial charge in [0.15, 0.2) is 16.7 Å². The van der Waals surface area contributed by atoms with E-state index in [4.69, 9.17) is 31.8 Å². The highest BCUT2D eigenvalue weighted by Crippen LogP contribution is 2.50. The van der Waals surface area contributed by atoms with E-state index in [0.717, 1.165) is 36.9 Å². The number of benzene rings is 2. The van der Waals surface area contributed by atoms with Crippen LogP contribution in [-0.2, 0) is 0 Å². The van der Waals surface area contributed by atoms with E-state index in [2.05, 4.69) is 25.1 Å². The van der Waals surface area contributed by atoms with Crippen LogP contribution in [0.25, 0.3) is 32.2 Å². The first-order valence-electron chi connectivity index (χ1n) is 14.9. The number of hydrogen-bond acceptors (Lipinski definition) is 10. The Balaban J connectivity index is 1.24. The Morgan fingerprint density at radius 3 is 3.02 bits per heavy atom. The number of hydrogen-bond donors (Lipinski definition) is 2. The minimum Gasteiger partial charge on any atom is -0.489 e. The summed E-state index contributed by atoms with van der Waals surface area (Å²) in [5.41, 5.74) is 6.97. The van der Waals surface area contributed by atoms with Gasteiger partial charge in [-0.15, -0.1) is 0 Å². The molecular weight excluding hydrogens is 596 g/mol. The summed E-state index contributed by atoms with van der Waals surface area (Å²) in [6.07, 6.45) is 3.46. The van der Waals surface area contributed by atoms with Gasteiger partial charge in [-0.1, -0.05) is 35.1 Å². The van der Waals surface area contributed by atoms with Gasteiger partial charge >= 0.3 is 6.01 Å². The second kappa shape index (κ2) is 9.47. The number of nitrogens with one attached hydrogen (secondary N) is 1. The van der Waals surface area contributed by atoms with E-state index < -0.39 is 12.0 Å². The number of halogens is 3. The molecule has 0 aliphatic carbocycles. The van der Waals surface area contributed by atoms with Crippen molar-refractivity contribution in [1.82, 2.24) is 25.2 Å². The highest BCUT2D eigenvalue weighted by molar-refractivity contribution is 7.22. The van der Waals surface area contributed by atoms with Gasteiger partial charge in [0.05, 0.1) is 32.2 Å². The molecule has 3 N–H and O–H groups in total. The Morgan fingerprint density at radius 1 is 1.21 bits per heavy atom. The lowest BCUT2D eigenvalue weighted by Crippen LogP contribution is -2.60. The predicted octanol–water partition coefficient (Wildman–Crippen LogP) is 4.94. The molecule has 9 nitrogen and oxygen atoms in total. The van der Waals surface area contributed by atoms with Crippen LogP contribution in [0.4, 0.5) is 19.7 Å². The van der Waals surface area contributed by atoms with Crippen molar-refractivity contribution in [2.24, 2.45) is 0 Å². The molecule has 4 saturated heterocycles. The fraction of sp³-hybridized carbons (Fsp3) is 0.500. The zero-order chi connectivity index (χ0) is 29.0. The molecule has 2 aromatic heterocycles. The molecule has 43 heavy (non-hydrogen) atoms. The number of nitrogens with zero attached hydrogens (tertiary/aromatic N) is 5. The van der Waals surface area contributed by atoms with Crippen molar-refractivity contribution >= 4 is 55.0 Å². The molecule has 9 rings (SSSR count). The van der Waals surface area contributed by atoms with Crippen molar-refractivity contribution in [3.63, 3.8) is 0 Å². The lowest BCUT2D eigenvalue weighted by atomic mass is 9.95. The number of para-hydroxylation sites is 1. The fourth-order valence-corrected chi connectivity index (χ4v) is 9.30. The smallest absolute Gasteiger partial charge is 0.319 e. The Morgan fingerprint density at radius 2 is 2.12 bits per heavy atom. The number of thiazole rings is 1. The number of ether oxygens (including phenoxy) is 2. The Kier molecular flexibility index (Phi) is 5.80. The fourth-order valence-electron chi connectivity index (χ4n) is 8.20. The summed E-state index contributed by atoms with van der Waals surface area (Å²) in [7, 11) is 0. The van der Waals surface area contributed by atoms with E-state index in [9.17, 15) is 4.39 Å². The summed E-state index contributed by atoms with van der Waals surface area (Å²) in [5, 5.41) is 4.69. The van der Waals surface area contributed by atoms with Crippen molar-refractivity contribution in [2.45, 2.75) is 61.9 Å². The van der Waals surface area contributed by atoms with E-state index in [-0.39, 0.29) is 46.3 Å². The highest BCUT2D eigenvalue weighted by atomic mass is 35.5. The summed E-state index contributed by atoms with van der Waals surface area (Å²) < 4.78 is 45.0. The van der Waals surface area contributed by atoms with Crippen LogP contribution in [0.3, 0.4) is 0 Å². The average molecular weight is 626 g/mol. The van der Waals surface area contributed by atoms with Gasteiger partial charge in [-0.3, -0.25) is 4.90 Å². The number of alkyl halides is 1. The number of anilines is 2. The van der Waals surface area contributed by atoms with E-state index in [1.54, 1.807) is 6.07 Å². The van der Waals surface area contributed by atoms with Crippen molar-refractivity contribution in [1.29, 1.82) is 0 Å². The molecule has 5 atom stereocenters. The quantitative estimate of drug-likeness (QED) is 0.327. The monoisotopic (exact) mass is 625 g/mol. The number of nitrogen functional groups attached to an aromatic ring is 1. The van der Waals surface area contributed by atoms with Gasteiger partial charge in [0, 0.05) is 42.7 Å². The average Bonchev–Trinajstić information content (AvgIpc) is 3.72. The molecule has 7 heterocycles. The van der Waals surface area contributed by atoms with Gasteiger partial charge < -0.3 is 25.4 Å². The third-order valence-electron chi connectivity index (χ3n) is 10.1. The molecule has 0 unspecified atom stereocenters. The normalized spacial score (nSPS) is 29.6. The first-order valence-corrected chi connectivity index (χ1v) is 16.1. The molecule has 5 aliphatic heterocycles. The first kappa shape index (κ1) is 26.4. The zero-order valence-electron chi connectivity index (χ0n) is 23.3. The van der Waals surface area contributed by atoms with Gasteiger partial charge in [0.2, 0.25) is 0 Å². The van der Waals surface area contributed by atoms with E-state index in [0.29, 0.717) is 65.3 Å². The lowest BCUT2D eigenvalue weighted by Gasteiger charge is -2.40. The van der Waals surface area contributed by atoms with Crippen molar-refractivity contribution in [3.05, 3.63) is 29.0 Å². The molecule has 0 radical (unpaired) electrons. The minimum absolute atomic E-state index is 0.0208. The van der Waals surface area contributed by atoms with Crippen molar-refractivity contribution in [2.75, 3.05) is 43.5 Å². The second-order valence-corrected chi connectivity index (χ2v) is 14.0. The molecule has 0 amide bonds. The van der Waals surface area contributed by atoms with Crippen LogP contribution in [0.1, 0.15) is 32.1 Å². The third-order valence-corrected chi connectivity index (χ3v) is 11.3. The Hall–Kier alpha value is -3.06. The van der Waals surface area contributed by atoms with Gasteiger partial charge in [-0.05, 0) is 38.3 Å². The number of nitrogens with two attached hydrogens (primary N) is 1. The molecule has 2 bridgehead atoms. The van der Waals surface area contributed by atoms with Crippen LogP contribution in [0.2, 0.25) is 5.02 Å². The summed E-state index contributed by atoms with van der Waals surface area (Å²) in [6.45, 7) is 2.58. The Bertz CT molecular complexity index is 1810. The molecule has 2 aromatic carbocycles. The van der Waals surface area contributed by atoms with E-state index >= 15 is 4.39 Å². The second-order valence-electron chi connectivity index (χ2n) is 12.5. The number of piperazine rings is 1. The molecular formula is C30H30ClF2N7O2S. The maximum atomic E-state index is 16.9. The van der Waals surface area contributed by atoms with E-state index in [1.807, 2.05) is 12.1 Å². The molecule has 13 heteroatoms. The third kappa shape index (κ3) is 3.89. The van der Waals surface area contributed by atoms with Crippen LogP contribution in [0, 0.1) is 5.82 Å². The molecule has 224 valence electrons. The van der Waals surface area contributed by atoms with Gasteiger partial charge in [0.1, 0.15) is 30.7 Å². The van der Waals surface area contributed by atoms with Gasteiger partial charge in [-0.2, -0.15) is 9.97 Å². The van der Waals surface area contributed by atoms with E-state index in [1.165, 1.54) is 11.3 Å². The minimum atomic E-state index is -0.882. The van der Waals surface area contributed by atoms with Crippen LogP contribution < -0.4 is 25.4 Å². The molecule has 4 fully saturated rings. The maximum absolute atomic E-state index is 16.9. The highest BCUT2D eigenvalue weighted by Gasteiger charge is 2.50. The molecule has 0 saturated carbocycles. The van der Waals surface area contributed by atoms with Crippen LogP contribution in [-0.4, -0.2) is 82.5 Å². The largest absolute Gasteiger partial charge is 0.489 e. The first-order chi connectivity index (χ1) is 20.9. The molecule has 4 aromatic rings.